The molecular weight excluding hydrogens is 230 g/mol. The number of carbonyl (C=O) groups is 1. The van der Waals surface area contributed by atoms with Gasteiger partial charge in [0.15, 0.2) is 0 Å². The highest BCUT2D eigenvalue weighted by atomic mass is 16.5. The van der Waals surface area contributed by atoms with Crippen molar-refractivity contribution in [2.24, 2.45) is 0 Å². The summed E-state index contributed by atoms with van der Waals surface area (Å²) < 4.78 is 4.88. The molecule has 0 aromatic carbocycles. The predicted molar refractivity (Wildman–Crippen MR) is 74.8 cm³/mol. The molecule has 0 fully saturated rings. The van der Waals surface area contributed by atoms with Crippen LogP contribution in [0.1, 0.15) is 27.2 Å². The van der Waals surface area contributed by atoms with E-state index in [4.69, 9.17) is 4.74 Å². The zero-order valence-electron chi connectivity index (χ0n) is 12.3. The normalized spacial score (nSPS) is 12.7. The maximum atomic E-state index is 11.6. The highest BCUT2D eigenvalue weighted by Crippen LogP contribution is 1.90. The second-order valence-electron chi connectivity index (χ2n) is 4.34. The minimum absolute atomic E-state index is 0.0369. The van der Waals surface area contributed by atoms with Crippen molar-refractivity contribution in [3.63, 3.8) is 0 Å². The monoisotopic (exact) mass is 259 g/mol. The third kappa shape index (κ3) is 8.44. The van der Waals surface area contributed by atoms with Crippen molar-refractivity contribution >= 4 is 5.91 Å². The Balaban J connectivity index is 3.56. The van der Waals surface area contributed by atoms with Crippen molar-refractivity contribution in [1.82, 2.24) is 15.5 Å². The van der Waals surface area contributed by atoms with Crippen LogP contribution in [0.2, 0.25) is 0 Å². The maximum absolute atomic E-state index is 11.6. The van der Waals surface area contributed by atoms with Crippen LogP contribution in [0.25, 0.3) is 0 Å². The average Bonchev–Trinajstić information content (AvgIpc) is 2.38. The van der Waals surface area contributed by atoms with Crippen LogP contribution in [0, 0.1) is 0 Å². The Kier molecular flexibility index (Phi) is 11.0. The lowest BCUT2D eigenvalue weighted by atomic mass is 10.3. The Labute approximate surface area is 111 Å². The van der Waals surface area contributed by atoms with Crippen molar-refractivity contribution in [3.05, 3.63) is 0 Å². The van der Waals surface area contributed by atoms with Crippen molar-refractivity contribution in [2.45, 2.75) is 33.2 Å². The van der Waals surface area contributed by atoms with Crippen LogP contribution in [-0.4, -0.2) is 63.3 Å². The molecule has 0 aliphatic heterocycles. The number of methoxy groups -OCH3 is 1. The van der Waals surface area contributed by atoms with E-state index < -0.39 is 0 Å². The molecule has 1 amide bonds. The van der Waals surface area contributed by atoms with Gasteiger partial charge in [-0.3, -0.25) is 4.79 Å². The molecular formula is C13H29N3O2. The van der Waals surface area contributed by atoms with Gasteiger partial charge in [-0.05, 0) is 39.5 Å². The SMILES string of the molecule is CCN(CC)CCCNC(C)C(=O)NCCOC. The quantitative estimate of drug-likeness (QED) is 0.529. The molecule has 0 spiro atoms. The smallest absolute Gasteiger partial charge is 0.236 e. The molecule has 0 heterocycles. The highest BCUT2D eigenvalue weighted by Gasteiger charge is 2.10. The summed E-state index contributed by atoms with van der Waals surface area (Å²) in [5, 5.41) is 6.05. The Hall–Kier alpha value is -0.650. The van der Waals surface area contributed by atoms with Gasteiger partial charge in [0.25, 0.3) is 0 Å². The first kappa shape index (κ1) is 17.4. The lowest BCUT2D eigenvalue weighted by Crippen LogP contribution is -2.43. The van der Waals surface area contributed by atoms with Gasteiger partial charge < -0.3 is 20.3 Å². The fourth-order valence-electron chi connectivity index (χ4n) is 1.68. The summed E-state index contributed by atoms with van der Waals surface area (Å²) in [6.07, 6.45) is 1.07. The summed E-state index contributed by atoms with van der Waals surface area (Å²) in [6, 6.07) is -0.140. The molecule has 108 valence electrons. The Bertz CT molecular complexity index is 208. The van der Waals surface area contributed by atoms with E-state index in [1.807, 2.05) is 6.92 Å². The van der Waals surface area contributed by atoms with Gasteiger partial charge in [0.05, 0.1) is 12.6 Å². The fraction of sp³-hybridized carbons (Fsp3) is 0.923. The Morgan fingerprint density at radius 2 is 1.94 bits per heavy atom. The summed E-state index contributed by atoms with van der Waals surface area (Å²) in [5.41, 5.74) is 0. The molecule has 0 saturated carbocycles. The molecule has 0 bridgehead atoms. The number of ether oxygens (including phenoxy) is 1. The summed E-state index contributed by atoms with van der Waals surface area (Å²) in [4.78, 5) is 14.0. The van der Waals surface area contributed by atoms with Crippen molar-refractivity contribution in [2.75, 3.05) is 46.4 Å². The van der Waals surface area contributed by atoms with E-state index in [9.17, 15) is 4.79 Å². The standard InChI is InChI=1S/C13H29N3O2/c1-5-16(6-2)10-7-8-14-12(3)13(17)15-9-11-18-4/h12,14H,5-11H2,1-4H3,(H,15,17). The molecule has 0 aliphatic carbocycles. The lowest BCUT2D eigenvalue weighted by molar-refractivity contribution is -0.122. The summed E-state index contributed by atoms with van der Waals surface area (Å²) in [6.45, 7) is 11.5. The number of nitrogens with zero attached hydrogens (tertiary/aromatic N) is 1. The van der Waals surface area contributed by atoms with Gasteiger partial charge in [-0.1, -0.05) is 13.8 Å². The van der Waals surface area contributed by atoms with E-state index in [2.05, 4.69) is 29.4 Å². The molecule has 18 heavy (non-hydrogen) atoms. The minimum atomic E-state index is -0.140. The molecule has 1 unspecified atom stereocenters. The largest absolute Gasteiger partial charge is 0.383 e. The zero-order chi connectivity index (χ0) is 13.8. The second kappa shape index (κ2) is 11.4. The first-order valence-corrected chi connectivity index (χ1v) is 6.88. The van der Waals surface area contributed by atoms with Crippen LogP contribution >= 0.6 is 0 Å². The Morgan fingerprint density at radius 1 is 1.28 bits per heavy atom. The number of rotatable bonds is 11. The molecule has 5 heteroatoms. The first-order valence-electron chi connectivity index (χ1n) is 6.88. The van der Waals surface area contributed by atoms with E-state index in [-0.39, 0.29) is 11.9 Å². The third-order valence-corrected chi connectivity index (χ3v) is 2.99. The van der Waals surface area contributed by atoms with Gasteiger partial charge in [0.1, 0.15) is 0 Å². The Morgan fingerprint density at radius 3 is 2.50 bits per heavy atom. The van der Waals surface area contributed by atoms with Crippen molar-refractivity contribution < 1.29 is 9.53 Å². The van der Waals surface area contributed by atoms with Crippen molar-refractivity contribution in [3.8, 4) is 0 Å². The summed E-state index contributed by atoms with van der Waals surface area (Å²) in [5.74, 6) is 0.0369. The van der Waals surface area contributed by atoms with Gasteiger partial charge in [-0.2, -0.15) is 0 Å². The van der Waals surface area contributed by atoms with Crippen LogP contribution < -0.4 is 10.6 Å². The van der Waals surface area contributed by atoms with Crippen LogP contribution in [0.5, 0.6) is 0 Å². The molecule has 1 atom stereocenters. The molecule has 2 N–H and O–H groups in total. The maximum Gasteiger partial charge on any atom is 0.236 e. The van der Waals surface area contributed by atoms with Gasteiger partial charge in [-0.15, -0.1) is 0 Å². The van der Waals surface area contributed by atoms with E-state index in [0.717, 1.165) is 32.6 Å². The van der Waals surface area contributed by atoms with Gasteiger partial charge >= 0.3 is 0 Å². The number of hydrogen-bond acceptors (Lipinski definition) is 4. The highest BCUT2D eigenvalue weighted by molar-refractivity contribution is 5.81. The van der Waals surface area contributed by atoms with Crippen molar-refractivity contribution in [1.29, 1.82) is 0 Å². The average molecular weight is 259 g/mol. The topological polar surface area (TPSA) is 53.6 Å². The van der Waals surface area contributed by atoms with Gasteiger partial charge in [0.2, 0.25) is 5.91 Å². The molecule has 0 aromatic rings. The zero-order valence-corrected chi connectivity index (χ0v) is 12.3. The third-order valence-electron chi connectivity index (χ3n) is 2.99. The van der Waals surface area contributed by atoms with Gasteiger partial charge in [0, 0.05) is 13.7 Å². The molecule has 0 aliphatic rings. The predicted octanol–water partition coefficient (Wildman–Crippen LogP) is 0.459. The van der Waals surface area contributed by atoms with E-state index >= 15 is 0 Å². The number of nitrogens with one attached hydrogen (secondary N) is 2. The van der Waals surface area contributed by atoms with E-state index in [1.54, 1.807) is 7.11 Å². The lowest BCUT2D eigenvalue weighted by Gasteiger charge is -2.19. The van der Waals surface area contributed by atoms with Crippen LogP contribution in [0.15, 0.2) is 0 Å². The van der Waals surface area contributed by atoms with Crippen LogP contribution in [0.3, 0.4) is 0 Å². The van der Waals surface area contributed by atoms with E-state index in [1.165, 1.54) is 0 Å². The van der Waals surface area contributed by atoms with Crippen LogP contribution in [0.4, 0.5) is 0 Å². The molecule has 0 saturated heterocycles. The minimum Gasteiger partial charge on any atom is -0.383 e. The summed E-state index contributed by atoms with van der Waals surface area (Å²) >= 11 is 0. The molecule has 0 rings (SSSR count). The molecule has 0 aromatic heterocycles. The van der Waals surface area contributed by atoms with Gasteiger partial charge in [-0.25, -0.2) is 0 Å². The van der Waals surface area contributed by atoms with Crippen LogP contribution in [-0.2, 0) is 9.53 Å². The second-order valence-corrected chi connectivity index (χ2v) is 4.34. The number of amides is 1. The summed E-state index contributed by atoms with van der Waals surface area (Å²) in [7, 11) is 1.63. The number of hydrogen-bond donors (Lipinski definition) is 2. The molecule has 0 radical (unpaired) electrons. The first-order chi connectivity index (χ1) is 8.65. The number of carbonyl (C=O) groups excluding carboxylic acids is 1. The molecule has 5 nitrogen and oxygen atoms in total. The van der Waals surface area contributed by atoms with E-state index in [0.29, 0.717) is 13.2 Å². The fourth-order valence-corrected chi connectivity index (χ4v) is 1.68.